The highest BCUT2D eigenvalue weighted by Gasteiger charge is 2.81. The fraction of sp³-hybridized carbons (Fsp3) is 0.580. The van der Waals surface area contributed by atoms with Crippen molar-refractivity contribution in [2.45, 2.75) is 94.8 Å². The quantitative estimate of drug-likeness (QED) is 0.170. The molecule has 1 aromatic carbocycles. The van der Waals surface area contributed by atoms with Crippen molar-refractivity contribution in [3.8, 4) is 11.1 Å². The Morgan fingerprint density at radius 1 is 0.969 bits per heavy atom. The van der Waals surface area contributed by atoms with Crippen molar-refractivity contribution in [1.29, 1.82) is 0 Å². The minimum atomic E-state index is -2.28. The molecule has 2 aliphatic carbocycles. The van der Waals surface area contributed by atoms with Gasteiger partial charge < -0.3 is 34.1 Å². The van der Waals surface area contributed by atoms with Crippen LogP contribution < -0.4 is 5.46 Å². The third kappa shape index (κ3) is 5.87. The average Bonchev–Trinajstić information content (AvgIpc) is 4.10. The fourth-order valence-corrected chi connectivity index (χ4v) is 15.6. The summed E-state index contributed by atoms with van der Waals surface area (Å²) in [6.07, 6.45) is 10.0. The third-order valence-corrected chi connectivity index (χ3v) is 18.0. The van der Waals surface area contributed by atoms with Crippen LogP contribution in [-0.2, 0) is 33.3 Å². The number of carbonyl (C=O) groups excluding carboxylic acids is 3. The molecule has 1 spiro atoms. The number of likely N-dealkylation sites (tertiary alicyclic amines) is 1. The summed E-state index contributed by atoms with van der Waals surface area (Å²) < 4.78 is 24.4. The fourth-order valence-electron chi connectivity index (χ4n) is 15.0. The van der Waals surface area contributed by atoms with Crippen LogP contribution in [0.4, 0.5) is 0 Å². The zero-order valence-corrected chi connectivity index (χ0v) is 39.0. The molecule has 12 atom stereocenters. The van der Waals surface area contributed by atoms with Crippen LogP contribution in [0.15, 0.2) is 76.1 Å². The second kappa shape index (κ2) is 15.5. The Hall–Kier alpha value is -4.05. The minimum Gasteiger partial charge on any atom is -0.468 e. The van der Waals surface area contributed by atoms with Crippen LogP contribution in [0.5, 0.6) is 0 Å². The molecule has 2 aromatic rings. The van der Waals surface area contributed by atoms with Crippen molar-refractivity contribution in [3.05, 3.63) is 81.6 Å². The van der Waals surface area contributed by atoms with Crippen LogP contribution >= 0.6 is 11.3 Å². The van der Waals surface area contributed by atoms with Gasteiger partial charge in [-0.25, -0.2) is 4.79 Å². The van der Waals surface area contributed by atoms with E-state index in [4.69, 9.17) is 18.9 Å². The van der Waals surface area contributed by atoms with E-state index in [0.717, 1.165) is 52.1 Å². The second-order valence-electron chi connectivity index (χ2n) is 20.1. The molecule has 10 rings (SSSR count). The molecule has 7 heterocycles. The molecule has 1 saturated carbocycles. The smallest absolute Gasteiger partial charge is 0.344 e. The Labute approximate surface area is 381 Å². The molecule has 6 aliphatic heterocycles. The Morgan fingerprint density at radius 3 is 2.45 bits per heavy atom. The van der Waals surface area contributed by atoms with Gasteiger partial charge in [-0.2, -0.15) is 11.3 Å². The molecule has 0 radical (unpaired) electrons. The average molecular weight is 892 g/mol. The van der Waals surface area contributed by atoms with Gasteiger partial charge in [0.1, 0.15) is 0 Å². The van der Waals surface area contributed by atoms with Crippen LogP contribution in [0, 0.1) is 28.1 Å². The van der Waals surface area contributed by atoms with Crippen molar-refractivity contribution in [3.63, 3.8) is 0 Å². The number of hydrogen-bond donors (Lipinski definition) is 2. The molecule has 12 nitrogen and oxygen atoms in total. The van der Waals surface area contributed by atoms with E-state index in [1.165, 1.54) is 26.6 Å². The first-order valence-electron chi connectivity index (χ1n) is 23.2. The number of benzene rings is 1. The zero-order valence-electron chi connectivity index (χ0n) is 38.2. The molecule has 14 heteroatoms. The van der Waals surface area contributed by atoms with Crippen molar-refractivity contribution in [2.24, 2.45) is 28.1 Å². The summed E-state index contributed by atoms with van der Waals surface area (Å²) in [6.45, 7) is 8.82. The minimum absolute atomic E-state index is 0.0463. The number of aliphatic hydroxyl groups is 2. The van der Waals surface area contributed by atoms with Crippen molar-refractivity contribution in [2.75, 3.05) is 61.1 Å². The van der Waals surface area contributed by atoms with E-state index in [-0.39, 0.29) is 17.9 Å². The van der Waals surface area contributed by atoms with Gasteiger partial charge in [0, 0.05) is 75.7 Å². The van der Waals surface area contributed by atoms with Crippen LogP contribution in [-0.4, -0.2) is 147 Å². The highest BCUT2D eigenvalue weighted by Crippen LogP contribution is 2.70. The topological polar surface area (TPSA) is 138 Å². The Balaban J connectivity index is 1.23. The van der Waals surface area contributed by atoms with Crippen molar-refractivity contribution < 1.29 is 43.5 Å². The second-order valence-corrected chi connectivity index (χ2v) is 20.8. The van der Waals surface area contributed by atoms with Gasteiger partial charge in [-0.15, -0.1) is 0 Å². The SMILES string of the molecule is CC[C@]1(O)C[C@H]2CN(CCC3=C(Bc4ccc(-c5ccsc5)cc43)[C@@](C(=O)OC)(C3C=C4C(=CC3OC)N(C)[C@H]3[C@@](O)(C(=O)OC)[C@H](OC(C)=O)[C@]5(CC)C=CCN6CC[C@]43[C@@H]65)C2)C1. The van der Waals surface area contributed by atoms with Gasteiger partial charge in [-0.1, -0.05) is 55.1 Å². The molecule has 3 saturated heterocycles. The number of allylic oxidation sites excluding steroid dienone is 1. The number of ether oxygens (including phenoxy) is 4. The summed E-state index contributed by atoms with van der Waals surface area (Å²) in [6, 6.07) is 7.68. The van der Waals surface area contributed by atoms with Gasteiger partial charge in [0.05, 0.1) is 37.4 Å². The van der Waals surface area contributed by atoms with E-state index in [9.17, 15) is 19.8 Å². The molecule has 8 aliphatic rings. The predicted molar refractivity (Wildman–Crippen MR) is 246 cm³/mol. The van der Waals surface area contributed by atoms with Crippen molar-refractivity contribution >= 4 is 47.6 Å². The van der Waals surface area contributed by atoms with Gasteiger partial charge in [0.25, 0.3) is 0 Å². The van der Waals surface area contributed by atoms with Crippen LogP contribution in [0.2, 0.25) is 0 Å². The molecule has 3 unspecified atom stereocenters. The lowest BCUT2D eigenvalue weighted by Crippen LogP contribution is -2.79. The number of nitrogens with zero attached hydrogens (tertiary/aromatic N) is 3. The Kier molecular flexibility index (Phi) is 10.6. The summed E-state index contributed by atoms with van der Waals surface area (Å²) in [5.74, 6) is -2.40. The monoisotopic (exact) mass is 891 g/mol. The van der Waals surface area contributed by atoms with Crippen LogP contribution in [0.1, 0.15) is 64.9 Å². The van der Waals surface area contributed by atoms with E-state index in [1.54, 1.807) is 18.4 Å². The normalized spacial score (nSPS) is 39.4. The number of likely N-dealkylation sites (N-methyl/N-ethyl adjacent to an activating group) is 1. The van der Waals surface area contributed by atoms with Gasteiger partial charge in [0.2, 0.25) is 5.60 Å². The molecule has 1 aromatic heterocycles. The number of hydrogen-bond acceptors (Lipinski definition) is 13. The summed E-state index contributed by atoms with van der Waals surface area (Å²) in [4.78, 5) is 50.1. The van der Waals surface area contributed by atoms with Gasteiger partial charge in [-0.3, -0.25) is 19.4 Å². The summed E-state index contributed by atoms with van der Waals surface area (Å²) in [5.41, 5.74) is 2.33. The lowest BCUT2D eigenvalue weighted by molar-refractivity contribution is -0.243. The number of esters is 3. The predicted octanol–water partition coefficient (Wildman–Crippen LogP) is 4.26. The molecular formula is C50H62BN3O9S. The number of rotatable bonds is 8. The number of carbonyl (C=O) groups is 3. The lowest BCUT2D eigenvalue weighted by Gasteiger charge is -2.63. The molecule has 0 amide bonds. The molecule has 64 heavy (non-hydrogen) atoms. The molecule has 340 valence electrons. The zero-order chi connectivity index (χ0) is 45.1. The lowest BCUT2D eigenvalue weighted by atomic mass is 9.46. The Bertz CT molecular complexity index is 2400. The molecule has 4 fully saturated rings. The number of thiophene rings is 1. The standard InChI is InChI=1S/C50H62BN3O9S/c1-8-46(58)24-30-25-49(44(56)61-6,40-33(13-18-53(26-30)28-46)34-21-31(11-12-37(34)51-40)32-14-20-64-27-32)36-22-35-38(23-39(36)60-5)52(4)42-48(35)16-19-54-17-10-15-47(9-2,41(48)54)43(63-29(3)55)50(42,59)45(57)62-7/h10-12,14-15,20-23,27,30,36,39,41-43,51,58-59H,8-9,13,16-19,24-26,28H2,1-7H3/t30-,36?,39?,41+,42-,43-,46+,47-,48-,49+,50+/m1/s1. The highest BCUT2D eigenvalue weighted by molar-refractivity contribution is 7.08. The maximum absolute atomic E-state index is 15.7. The Morgan fingerprint density at radius 2 is 1.77 bits per heavy atom. The van der Waals surface area contributed by atoms with Gasteiger partial charge in [-0.05, 0) is 108 Å². The van der Waals surface area contributed by atoms with E-state index >= 15 is 4.79 Å². The summed E-state index contributed by atoms with van der Waals surface area (Å²) in [5, 5.41) is 29.9. The summed E-state index contributed by atoms with van der Waals surface area (Å²) >= 11 is 1.67. The van der Waals surface area contributed by atoms with E-state index < -0.39 is 63.6 Å². The van der Waals surface area contributed by atoms with E-state index in [0.29, 0.717) is 65.4 Å². The van der Waals surface area contributed by atoms with Gasteiger partial charge in [0.15, 0.2) is 13.4 Å². The van der Waals surface area contributed by atoms with Crippen molar-refractivity contribution in [1.82, 2.24) is 14.7 Å². The first kappa shape index (κ1) is 43.8. The number of fused-ring (bicyclic) bond motifs is 5. The largest absolute Gasteiger partial charge is 0.468 e. The van der Waals surface area contributed by atoms with Gasteiger partial charge >= 0.3 is 17.9 Å². The molecule has 2 N–H and O–H groups in total. The molecular weight excluding hydrogens is 829 g/mol. The number of piperidine rings is 1. The van der Waals surface area contributed by atoms with E-state index in [1.807, 2.05) is 25.8 Å². The summed E-state index contributed by atoms with van der Waals surface area (Å²) in [7, 11) is 6.93. The first-order chi connectivity index (χ1) is 30.7. The highest BCUT2D eigenvalue weighted by atomic mass is 32.1. The third-order valence-electron chi connectivity index (χ3n) is 17.3. The van der Waals surface area contributed by atoms with Crippen LogP contribution in [0.25, 0.3) is 16.7 Å². The maximum atomic E-state index is 15.7. The van der Waals surface area contributed by atoms with E-state index in [2.05, 4.69) is 69.1 Å². The maximum Gasteiger partial charge on any atom is 0.344 e. The number of methoxy groups -OCH3 is 3. The molecule has 2 bridgehead atoms. The van der Waals surface area contributed by atoms with Crippen LogP contribution in [0.3, 0.4) is 0 Å². The first-order valence-corrected chi connectivity index (χ1v) is 24.1.